The number of aromatic nitrogens is 4. The fourth-order valence-electron chi connectivity index (χ4n) is 2.17. The average Bonchev–Trinajstić information content (AvgIpc) is 3.36. The smallest absolute Gasteiger partial charge is 0.247 e. The minimum Gasteiger partial charge on any atom is -0.507 e. The maximum absolute atomic E-state index is 9.74. The molecule has 0 fully saturated rings. The first kappa shape index (κ1) is 17.4. The van der Waals surface area contributed by atoms with Crippen LogP contribution in [0.3, 0.4) is 0 Å². The normalized spacial score (nSPS) is 11.3. The average molecular weight is 395 g/mol. The number of aromatic hydroxyl groups is 1. The molecule has 2 heterocycles. The van der Waals surface area contributed by atoms with Crippen LogP contribution in [-0.2, 0) is 5.75 Å². The van der Waals surface area contributed by atoms with Crippen LogP contribution in [0.1, 0.15) is 11.5 Å². The van der Waals surface area contributed by atoms with Crippen molar-refractivity contribution >= 4 is 34.4 Å². The Morgan fingerprint density at radius 1 is 1.00 bits per heavy atom. The maximum Gasteiger partial charge on any atom is 0.247 e. The number of phenolic OH excluding ortho intramolecular Hbond substituents is 1. The summed E-state index contributed by atoms with van der Waals surface area (Å²) in [5.74, 6) is 1.69. The van der Waals surface area contributed by atoms with E-state index >= 15 is 0 Å². The first-order chi connectivity index (χ1) is 13.3. The van der Waals surface area contributed by atoms with Gasteiger partial charge in [0.25, 0.3) is 0 Å². The van der Waals surface area contributed by atoms with Crippen molar-refractivity contribution in [3.05, 3.63) is 66.1 Å². The van der Waals surface area contributed by atoms with E-state index in [9.17, 15) is 5.11 Å². The molecule has 27 heavy (non-hydrogen) atoms. The van der Waals surface area contributed by atoms with Gasteiger partial charge in [-0.15, -0.1) is 20.4 Å². The van der Waals surface area contributed by atoms with Gasteiger partial charge < -0.3 is 9.52 Å². The number of para-hydroxylation sites is 1. The Morgan fingerprint density at radius 3 is 2.67 bits per heavy atom. The zero-order valence-electron chi connectivity index (χ0n) is 13.9. The van der Waals surface area contributed by atoms with Gasteiger partial charge in [0.15, 0.2) is 4.34 Å². The molecule has 2 aromatic carbocycles. The molecule has 7 nitrogen and oxygen atoms in total. The lowest BCUT2D eigenvalue weighted by molar-refractivity contribution is 0.474. The Morgan fingerprint density at radius 2 is 1.81 bits per heavy atom. The van der Waals surface area contributed by atoms with E-state index in [1.807, 2.05) is 36.4 Å². The van der Waals surface area contributed by atoms with Gasteiger partial charge in [-0.1, -0.05) is 53.4 Å². The number of thioether (sulfide) groups is 1. The topological polar surface area (TPSA) is 97.3 Å². The van der Waals surface area contributed by atoms with E-state index in [1.165, 1.54) is 23.1 Å². The first-order valence-electron chi connectivity index (χ1n) is 7.94. The SMILES string of the molecule is Oc1ccccc1C=Nc1nnc(SCc2nnc(-c3ccccc3)o2)s1. The fourth-order valence-corrected chi connectivity index (χ4v) is 3.69. The van der Waals surface area contributed by atoms with Crippen LogP contribution in [0.15, 0.2) is 68.3 Å². The van der Waals surface area contributed by atoms with E-state index in [1.54, 1.807) is 24.4 Å². The summed E-state index contributed by atoms with van der Waals surface area (Å²) in [6.07, 6.45) is 1.56. The van der Waals surface area contributed by atoms with E-state index in [0.29, 0.717) is 28.2 Å². The summed E-state index contributed by atoms with van der Waals surface area (Å²) >= 11 is 2.80. The summed E-state index contributed by atoms with van der Waals surface area (Å²) in [5, 5.41) is 26.5. The van der Waals surface area contributed by atoms with Gasteiger partial charge in [0, 0.05) is 17.3 Å². The van der Waals surface area contributed by atoms with Crippen molar-refractivity contribution < 1.29 is 9.52 Å². The third-order valence-electron chi connectivity index (χ3n) is 3.45. The molecular weight excluding hydrogens is 382 g/mol. The van der Waals surface area contributed by atoms with E-state index in [4.69, 9.17) is 4.42 Å². The third kappa shape index (κ3) is 4.39. The molecule has 4 rings (SSSR count). The maximum atomic E-state index is 9.74. The van der Waals surface area contributed by atoms with E-state index in [2.05, 4.69) is 25.4 Å². The quantitative estimate of drug-likeness (QED) is 0.383. The molecule has 0 unspecified atom stereocenters. The highest BCUT2D eigenvalue weighted by Gasteiger charge is 2.10. The predicted octanol–water partition coefficient (Wildman–Crippen LogP) is 4.34. The molecule has 134 valence electrons. The van der Waals surface area contributed by atoms with Crippen LogP contribution in [0.2, 0.25) is 0 Å². The number of phenols is 1. The van der Waals surface area contributed by atoms with Gasteiger partial charge in [-0.05, 0) is 24.3 Å². The number of nitrogens with zero attached hydrogens (tertiary/aromatic N) is 5. The summed E-state index contributed by atoms with van der Waals surface area (Å²) < 4.78 is 6.42. The van der Waals surface area contributed by atoms with Crippen LogP contribution in [0, 0.1) is 0 Å². The Kier molecular flexibility index (Phi) is 5.22. The van der Waals surface area contributed by atoms with Crippen molar-refractivity contribution in [1.82, 2.24) is 20.4 Å². The fraction of sp³-hybridized carbons (Fsp3) is 0.0556. The summed E-state index contributed by atoms with van der Waals surface area (Å²) in [6.45, 7) is 0. The van der Waals surface area contributed by atoms with Gasteiger partial charge in [-0.3, -0.25) is 0 Å². The third-order valence-corrected chi connectivity index (χ3v) is 5.40. The molecule has 0 aliphatic rings. The van der Waals surface area contributed by atoms with Gasteiger partial charge >= 0.3 is 0 Å². The second-order valence-electron chi connectivity index (χ2n) is 5.32. The molecule has 1 N–H and O–H groups in total. The van der Waals surface area contributed by atoms with Gasteiger partial charge in [0.2, 0.25) is 16.9 Å². The molecule has 2 aromatic heterocycles. The molecule has 0 atom stereocenters. The van der Waals surface area contributed by atoms with Crippen molar-refractivity contribution in [3.8, 4) is 17.2 Å². The van der Waals surface area contributed by atoms with Crippen molar-refractivity contribution in [3.63, 3.8) is 0 Å². The molecule has 0 spiro atoms. The van der Waals surface area contributed by atoms with Gasteiger partial charge in [-0.2, -0.15) is 0 Å². The number of rotatable bonds is 6. The van der Waals surface area contributed by atoms with Crippen LogP contribution in [0.5, 0.6) is 5.75 Å². The van der Waals surface area contributed by atoms with E-state index in [-0.39, 0.29) is 5.75 Å². The van der Waals surface area contributed by atoms with Gasteiger partial charge in [-0.25, -0.2) is 4.99 Å². The lowest BCUT2D eigenvalue weighted by atomic mass is 10.2. The van der Waals surface area contributed by atoms with Crippen LogP contribution in [-0.4, -0.2) is 31.7 Å². The zero-order chi connectivity index (χ0) is 18.5. The highest BCUT2D eigenvalue weighted by atomic mass is 32.2. The van der Waals surface area contributed by atoms with Crippen LogP contribution < -0.4 is 0 Å². The molecule has 0 saturated carbocycles. The number of hydrogen-bond acceptors (Lipinski definition) is 9. The van der Waals surface area contributed by atoms with Crippen molar-refractivity contribution in [2.75, 3.05) is 0 Å². The van der Waals surface area contributed by atoms with Crippen LogP contribution in [0.25, 0.3) is 11.5 Å². The molecule has 4 aromatic rings. The standard InChI is InChI=1S/C18H13N5O2S2/c24-14-9-5-4-8-13(14)10-19-17-22-23-18(27-17)26-11-15-20-21-16(25-15)12-6-2-1-3-7-12/h1-10,24H,11H2. The highest BCUT2D eigenvalue weighted by molar-refractivity contribution is 8.00. The Hall–Kier alpha value is -3.04. The zero-order valence-corrected chi connectivity index (χ0v) is 15.5. The Bertz CT molecular complexity index is 1060. The molecule has 0 aliphatic carbocycles. The highest BCUT2D eigenvalue weighted by Crippen LogP contribution is 2.30. The number of aliphatic imine (C=N–C) groups is 1. The molecule has 0 bridgehead atoms. The van der Waals surface area contributed by atoms with Gasteiger partial charge in [0.1, 0.15) is 5.75 Å². The summed E-state index contributed by atoms with van der Waals surface area (Å²) in [4.78, 5) is 4.25. The predicted molar refractivity (Wildman–Crippen MR) is 105 cm³/mol. The lowest BCUT2D eigenvalue weighted by Gasteiger charge is -1.95. The van der Waals surface area contributed by atoms with Crippen molar-refractivity contribution in [1.29, 1.82) is 0 Å². The molecule has 0 aliphatic heterocycles. The monoisotopic (exact) mass is 395 g/mol. The molecule has 0 amide bonds. The number of hydrogen-bond donors (Lipinski definition) is 1. The summed E-state index contributed by atoms with van der Waals surface area (Å²) in [7, 11) is 0. The first-order valence-corrected chi connectivity index (χ1v) is 9.74. The van der Waals surface area contributed by atoms with E-state index < -0.39 is 0 Å². The molecule has 9 heteroatoms. The van der Waals surface area contributed by atoms with Gasteiger partial charge in [0.05, 0.1) is 5.75 Å². The van der Waals surface area contributed by atoms with Crippen molar-refractivity contribution in [2.45, 2.75) is 10.1 Å². The molecular formula is C18H13N5O2S2. The number of benzene rings is 2. The molecule has 0 saturated heterocycles. The largest absolute Gasteiger partial charge is 0.507 e. The minimum absolute atomic E-state index is 0.172. The van der Waals surface area contributed by atoms with Crippen molar-refractivity contribution in [2.24, 2.45) is 4.99 Å². The Balaban J connectivity index is 1.37. The second-order valence-corrected chi connectivity index (χ2v) is 7.50. The molecule has 0 radical (unpaired) electrons. The Labute approximate surface area is 162 Å². The minimum atomic E-state index is 0.172. The van der Waals surface area contributed by atoms with E-state index in [0.717, 1.165) is 9.90 Å². The second kappa shape index (κ2) is 8.11. The lowest BCUT2D eigenvalue weighted by Crippen LogP contribution is -1.80. The summed E-state index contributed by atoms with van der Waals surface area (Å²) in [6, 6.07) is 16.6. The van der Waals surface area contributed by atoms with Crippen LogP contribution >= 0.6 is 23.1 Å². The summed E-state index contributed by atoms with van der Waals surface area (Å²) in [5.41, 5.74) is 1.51. The van der Waals surface area contributed by atoms with Crippen LogP contribution in [0.4, 0.5) is 5.13 Å².